The number of pyridine rings is 1. The SMILES string of the molecule is CC(=O)N1CN(CCOC(C)C)C(=O)c2c(O)c(=O)c(C(=O)O)cn21. The summed E-state index contributed by atoms with van der Waals surface area (Å²) in [5.41, 5.74) is -2.38. The first-order valence-corrected chi connectivity index (χ1v) is 7.56. The first-order valence-electron chi connectivity index (χ1n) is 7.56. The Morgan fingerprint density at radius 3 is 2.48 bits per heavy atom. The van der Waals surface area contributed by atoms with Crippen molar-refractivity contribution in [1.29, 1.82) is 0 Å². The van der Waals surface area contributed by atoms with Gasteiger partial charge in [-0.3, -0.25) is 14.4 Å². The third kappa shape index (κ3) is 3.48. The third-order valence-electron chi connectivity index (χ3n) is 3.63. The second-order valence-electron chi connectivity index (χ2n) is 5.77. The third-order valence-corrected chi connectivity index (χ3v) is 3.63. The average molecular weight is 353 g/mol. The molecule has 0 unspecified atom stereocenters. The molecular formula is C15H19N3O7. The van der Waals surface area contributed by atoms with Crippen LogP contribution in [-0.2, 0) is 9.53 Å². The minimum absolute atomic E-state index is 0.0507. The number of hydrogen-bond acceptors (Lipinski definition) is 6. The molecule has 10 nitrogen and oxygen atoms in total. The van der Waals surface area contributed by atoms with E-state index in [2.05, 4.69) is 0 Å². The first-order chi connectivity index (χ1) is 11.6. The van der Waals surface area contributed by atoms with E-state index in [1.807, 2.05) is 13.8 Å². The fraction of sp³-hybridized carbons (Fsp3) is 0.467. The van der Waals surface area contributed by atoms with Crippen LogP contribution in [0.1, 0.15) is 41.6 Å². The van der Waals surface area contributed by atoms with E-state index in [-0.39, 0.29) is 25.9 Å². The molecule has 0 spiro atoms. The molecule has 2 heterocycles. The van der Waals surface area contributed by atoms with Gasteiger partial charge in [0.2, 0.25) is 11.3 Å². The van der Waals surface area contributed by atoms with Crippen LogP contribution in [0.15, 0.2) is 11.0 Å². The van der Waals surface area contributed by atoms with Gasteiger partial charge in [0, 0.05) is 19.7 Å². The largest absolute Gasteiger partial charge is 0.502 e. The maximum absolute atomic E-state index is 12.6. The van der Waals surface area contributed by atoms with Crippen molar-refractivity contribution in [3.8, 4) is 5.75 Å². The van der Waals surface area contributed by atoms with Gasteiger partial charge >= 0.3 is 5.97 Å². The molecule has 0 saturated carbocycles. The van der Waals surface area contributed by atoms with E-state index < -0.39 is 40.2 Å². The van der Waals surface area contributed by atoms with Crippen molar-refractivity contribution in [2.45, 2.75) is 26.9 Å². The summed E-state index contributed by atoms with van der Waals surface area (Å²) in [6.07, 6.45) is 0.811. The Morgan fingerprint density at radius 2 is 1.96 bits per heavy atom. The zero-order valence-corrected chi connectivity index (χ0v) is 14.1. The number of amides is 2. The summed E-state index contributed by atoms with van der Waals surface area (Å²) < 4.78 is 6.28. The van der Waals surface area contributed by atoms with Crippen molar-refractivity contribution in [1.82, 2.24) is 9.58 Å². The number of carbonyl (C=O) groups is 3. The maximum atomic E-state index is 12.6. The molecule has 2 N–H and O–H groups in total. The summed E-state index contributed by atoms with van der Waals surface area (Å²) in [4.78, 5) is 48.8. The van der Waals surface area contributed by atoms with Crippen molar-refractivity contribution in [2.24, 2.45) is 0 Å². The topological polar surface area (TPSA) is 129 Å². The molecule has 10 heteroatoms. The number of fused-ring (bicyclic) bond motifs is 1. The summed E-state index contributed by atoms with van der Waals surface area (Å²) in [6.45, 7) is 5.05. The smallest absolute Gasteiger partial charge is 0.341 e. The van der Waals surface area contributed by atoms with Gasteiger partial charge in [-0.25, -0.2) is 14.5 Å². The van der Waals surface area contributed by atoms with Crippen LogP contribution >= 0.6 is 0 Å². The van der Waals surface area contributed by atoms with Crippen LogP contribution < -0.4 is 10.4 Å². The Kier molecular flexibility index (Phi) is 5.12. The predicted molar refractivity (Wildman–Crippen MR) is 85.2 cm³/mol. The van der Waals surface area contributed by atoms with Gasteiger partial charge in [0.15, 0.2) is 11.4 Å². The quantitative estimate of drug-likeness (QED) is 0.735. The lowest BCUT2D eigenvalue weighted by Crippen LogP contribution is -2.56. The van der Waals surface area contributed by atoms with Crippen molar-refractivity contribution in [3.05, 3.63) is 27.7 Å². The molecule has 0 aliphatic carbocycles. The number of carboxylic acid groups (broad SMARTS) is 1. The summed E-state index contributed by atoms with van der Waals surface area (Å²) in [7, 11) is 0. The molecule has 2 rings (SSSR count). The molecule has 0 bridgehead atoms. The highest BCUT2D eigenvalue weighted by Gasteiger charge is 2.35. The predicted octanol–water partition coefficient (Wildman–Crippen LogP) is -0.425. The lowest BCUT2D eigenvalue weighted by Gasteiger charge is -2.37. The fourth-order valence-corrected chi connectivity index (χ4v) is 2.40. The molecule has 0 aromatic carbocycles. The van der Waals surface area contributed by atoms with Gasteiger partial charge in [-0.15, -0.1) is 0 Å². The molecule has 2 amide bonds. The molecule has 0 fully saturated rings. The molecular weight excluding hydrogens is 334 g/mol. The maximum Gasteiger partial charge on any atom is 0.341 e. The fourth-order valence-electron chi connectivity index (χ4n) is 2.40. The minimum atomic E-state index is -1.57. The van der Waals surface area contributed by atoms with E-state index in [4.69, 9.17) is 9.84 Å². The lowest BCUT2D eigenvalue weighted by molar-refractivity contribution is -0.118. The Bertz CT molecular complexity index is 784. The van der Waals surface area contributed by atoms with Gasteiger partial charge in [-0.2, -0.15) is 0 Å². The zero-order chi connectivity index (χ0) is 18.9. The molecule has 0 saturated heterocycles. The number of nitrogens with zero attached hydrogens (tertiary/aromatic N) is 3. The van der Waals surface area contributed by atoms with Gasteiger partial charge in [0.25, 0.3) is 5.91 Å². The summed E-state index contributed by atoms with van der Waals surface area (Å²) in [6, 6.07) is 0. The molecule has 1 aromatic heterocycles. The van der Waals surface area contributed by atoms with Crippen LogP contribution in [0.2, 0.25) is 0 Å². The molecule has 1 aromatic rings. The second-order valence-corrected chi connectivity index (χ2v) is 5.77. The van der Waals surface area contributed by atoms with Gasteiger partial charge in [-0.05, 0) is 13.8 Å². The Hall–Kier alpha value is -2.88. The highest BCUT2D eigenvalue weighted by molar-refractivity contribution is 6.00. The minimum Gasteiger partial charge on any atom is -0.502 e. The highest BCUT2D eigenvalue weighted by Crippen LogP contribution is 2.21. The van der Waals surface area contributed by atoms with Gasteiger partial charge < -0.3 is 19.8 Å². The highest BCUT2D eigenvalue weighted by atomic mass is 16.5. The van der Waals surface area contributed by atoms with Crippen molar-refractivity contribution < 1.29 is 29.3 Å². The normalized spacial score (nSPS) is 14.0. The van der Waals surface area contributed by atoms with Crippen LogP contribution in [0, 0.1) is 0 Å². The van der Waals surface area contributed by atoms with Crippen LogP contribution in [0.3, 0.4) is 0 Å². The van der Waals surface area contributed by atoms with Crippen LogP contribution in [0.25, 0.3) is 0 Å². The van der Waals surface area contributed by atoms with Crippen LogP contribution in [0.5, 0.6) is 5.75 Å². The zero-order valence-electron chi connectivity index (χ0n) is 14.1. The van der Waals surface area contributed by atoms with Gasteiger partial charge in [0.05, 0.1) is 12.7 Å². The number of aromatic carboxylic acids is 1. The monoisotopic (exact) mass is 353 g/mol. The van der Waals surface area contributed by atoms with E-state index in [0.717, 1.165) is 15.9 Å². The number of carboxylic acids is 1. The van der Waals surface area contributed by atoms with Crippen LogP contribution in [0.4, 0.5) is 0 Å². The van der Waals surface area contributed by atoms with Gasteiger partial charge in [-0.1, -0.05) is 0 Å². The number of rotatable bonds is 5. The number of aromatic hydroxyl groups is 1. The molecule has 25 heavy (non-hydrogen) atoms. The van der Waals surface area contributed by atoms with E-state index in [0.29, 0.717) is 0 Å². The van der Waals surface area contributed by atoms with Gasteiger partial charge in [0.1, 0.15) is 12.2 Å². The number of aromatic nitrogens is 1. The van der Waals surface area contributed by atoms with Crippen molar-refractivity contribution >= 4 is 17.8 Å². The molecule has 0 atom stereocenters. The van der Waals surface area contributed by atoms with Crippen LogP contribution in [-0.4, -0.2) is 63.5 Å². The van der Waals surface area contributed by atoms with E-state index in [1.54, 1.807) is 0 Å². The first kappa shape index (κ1) is 18.5. The summed E-state index contributed by atoms with van der Waals surface area (Å²) in [5.74, 6) is -3.77. The molecule has 136 valence electrons. The van der Waals surface area contributed by atoms with Crippen molar-refractivity contribution in [3.63, 3.8) is 0 Å². The summed E-state index contributed by atoms with van der Waals surface area (Å²) in [5, 5.41) is 20.2. The Balaban J connectivity index is 2.50. The number of hydrogen-bond donors (Lipinski definition) is 2. The van der Waals surface area contributed by atoms with E-state index in [1.165, 1.54) is 11.8 Å². The second kappa shape index (κ2) is 6.93. The molecule has 1 aliphatic heterocycles. The van der Waals surface area contributed by atoms with E-state index in [9.17, 15) is 24.3 Å². The molecule has 1 aliphatic rings. The average Bonchev–Trinajstić information content (AvgIpc) is 2.51. The lowest BCUT2D eigenvalue weighted by atomic mass is 10.2. The summed E-state index contributed by atoms with van der Waals surface area (Å²) >= 11 is 0. The molecule has 0 radical (unpaired) electrons. The Morgan fingerprint density at radius 1 is 1.32 bits per heavy atom. The number of ether oxygens (including phenoxy) is 1. The van der Waals surface area contributed by atoms with E-state index >= 15 is 0 Å². The van der Waals surface area contributed by atoms with Crippen molar-refractivity contribution in [2.75, 3.05) is 24.8 Å². The number of carbonyl (C=O) groups excluding carboxylic acids is 2. The standard InChI is InChI=1S/C15H19N3O7/c1-8(2)25-5-4-16-7-18(9(3)19)17-6-10(15(23)24)12(20)13(21)11(17)14(16)22/h6,8,21H,4-5,7H2,1-3H3,(H,23,24). The Labute approximate surface area is 142 Å².